The first-order chi connectivity index (χ1) is 9.31. The number of rotatable bonds is 3. The molecule has 100 valence electrons. The van der Waals surface area contributed by atoms with Crippen LogP contribution in [-0.2, 0) is 9.47 Å². The van der Waals surface area contributed by atoms with Crippen LogP contribution in [0.25, 0.3) is 12.2 Å². The molecule has 0 radical (unpaired) electrons. The second-order valence-corrected chi connectivity index (χ2v) is 4.45. The van der Waals surface area contributed by atoms with E-state index in [2.05, 4.69) is 0 Å². The van der Waals surface area contributed by atoms with Gasteiger partial charge in [-0.2, -0.15) is 0 Å². The van der Waals surface area contributed by atoms with E-state index < -0.39 is 0 Å². The molecule has 2 aromatic heterocycles. The van der Waals surface area contributed by atoms with Crippen LogP contribution in [0, 0.1) is 6.92 Å². The molecule has 0 bridgehead atoms. The van der Waals surface area contributed by atoms with Gasteiger partial charge in [-0.3, -0.25) is 0 Å². The van der Waals surface area contributed by atoms with Crippen molar-refractivity contribution in [1.29, 1.82) is 0 Å². The molecule has 1 fully saturated rings. The molecule has 2 aromatic rings. The maximum Gasteiger partial charge on any atom is 0.217 e. The zero-order chi connectivity index (χ0) is 13.1. The van der Waals surface area contributed by atoms with E-state index in [-0.39, 0.29) is 6.29 Å². The van der Waals surface area contributed by atoms with Crippen molar-refractivity contribution >= 4 is 12.2 Å². The fourth-order valence-electron chi connectivity index (χ4n) is 1.94. The van der Waals surface area contributed by atoms with Crippen molar-refractivity contribution in [2.75, 3.05) is 13.2 Å². The molecule has 4 nitrogen and oxygen atoms in total. The van der Waals surface area contributed by atoms with E-state index in [0.29, 0.717) is 19.0 Å². The molecule has 1 saturated heterocycles. The van der Waals surface area contributed by atoms with Crippen LogP contribution in [0.3, 0.4) is 0 Å². The van der Waals surface area contributed by atoms with Crippen LogP contribution < -0.4 is 0 Å². The Labute approximate surface area is 111 Å². The molecule has 0 spiro atoms. The van der Waals surface area contributed by atoms with E-state index in [1.165, 1.54) is 0 Å². The first kappa shape index (κ1) is 12.3. The molecule has 3 heterocycles. The van der Waals surface area contributed by atoms with Gasteiger partial charge in [0.2, 0.25) is 6.29 Å². The number of furan rings is 2. The van der Waals surface area contributed by atoms with Crippen LogP contribution in [0.2, 0.25) is 0 Å². The smallest absolute Gasteiger partial charge is 0.217 e. The third kappa shape index (κ3) is 2.97. The molecule has 0 amide bonds. The van der Waals surface area contributed by atoms with E-state index in [0.717, 1.165) is 23.7 Å². The second kappa shape index (κ2) is 5.47. The van der Waals surface area contributed by atoms with Crippen LogP contribution in [0.15, 0.2) is 33.1 Å². The predicted octanol–water partition coefficient (Wildman–Crippen LogP) is 3.79. The minimum atomic E-state index is -0.373. The molecule has 4 heteroatoms. The van der Waals surface area contributed by atoms with Gasteiger partial charge in [0.15, 0.2) is 5.76 Å². The molecule has 0 unspecified atom stereocenters. The quantitative estimate of drug-likeness (QED) is 0.842. The highest BCUT2D eigenvalue weighted by molar-refractivity contribution is 5.64. The third-order valence-corrected chi connectivity index (χ3v) is 2.88. The highest BCUT2D eigenvalue weighted by Gasteiger charge is 2.19. The molecule has 1 aliphatic heterocycles. The molecule has 0 N–H and O–H groups in total. The summed E-state index contributed by atoms with van der Waals surface area (Å²) in [6.45, 7) is 3.34. The van der Waals surface area contributed by atoms with Gasteiger partial charge in [-0.1, -0.05) is 0 Å². The van der Waals surface area contributed by atoms with Crippen LogP contribution in [0.5, 0.6) is 0 Å². The van der Waals surface area contributed by atoms with Gasteiger partial charge in [-0.05, 0) is 49.8 Å². The Morgan fingerprint density at radius 3 is 2.32 bits per heavy atom. The summed E-state index contributed by atoms with van der Waals surface area (Å²) in [5.41, 5.74) is 0. The van der Waals surface area contributed by atoms with Gasteiger partial charge < -0.3 is 18.3 Å². The Morgan fingerprint density at radius 2 is 1.63 bits per heavy atom. The molecular weight excluding hydrogens is 244 g/mol. The van der Waals surface area contributed by atoms with Crippen molar-refractivity contribution in [2.45, 2.75) is 19.6 Å². The monoisotopic (exact) mass is 260 g/mol. The lowest BCUT2D eigenvalue weighted by Gasteiger charge is -2.20. The maximum absolute atomic E-state index is 5.67. The summed E-state index contributed by atoms with van der Waals surface area (Å²) in [5, 5.41) is 0. The lowest BCUT2D eigenvalue weighted by Crippen LogP contribution is -2.17. The largest absolute Gasteiger partial charge is 0.462 e. The summed E-state index contributed by atoms with van der Waals surface area (Å²) in [4.78, 5) is 0. The SMILES string of the molecule is Cc1ccc(/C=C/c2ccc(C3OCCCO3)o2)o1. The second-order valence-electron chi connectivity index (χ2n) is 4.45. The van der Waals surface area contributed by atoms with Gasteiger partial charge >= 0.3 is 0 Å². The third-order valence-electron chi connectivity index (χ3n) is 2.88. The first-order valence-corrected chi connectivity index (χ1v) is 6.39. The lowest BCUT2D eigenvalue weighted by atomic mass is 10.3. The summed E-state index contributed by atoms with van der Waals surface area (Å²) >= 11 is 0. The Balaban J connectivity index is 1.69. The molecule has 0 atom stereocenters. The number of hydrogen-bond donors (Lipinski definition) is 0. The van der Waals surface area contributed by atoms with Gasteiger partial charge in [-0.15, -0.1) is 0 Å². The van der Waals surface area contributed by atoms with Crippen molar-refractivity contribution in [3.63, 3.8) is 0 Å². The number of ether oxygens (including phenoxy) is 2. The van der Waals surface area contributed by atoms with E-state index >= 15 is 0 Å². The van der Waals surface area contributed by atoms with Crippen LogP contribution >= 0.6 is 0 Å². The molecule has 19 heavy (non-hydrogen) atoms. The van der Waals surface area contributed by atoms with Crippen LogP contribution in [0.4, 0.5) is 0 Å². The normalized spacial score (nSPS) is 17.3. The minimum Gasteiger partial charge on any atom is -0.462 e. The average Bonchev–Trinajstić information content (AvgIpc) is 3.06. The zero-order valence-corrected chi connectivity index (χ0v) is 10.8. The molecular formula is C15H16O4. The van der Waals surface area contributed by atoms with Gasteiger partial charge in [0.05, 0.1) is 13.2 Å². The van der Waals surface area contributed by atoms with E-state index in [4.69, 9.17) is 18.3 Å². The zero-order valence-electron chi connectivity index (χ0n) is 10.8. The summed E-state index contributed by atoms with van der Waals surface area (Å²) in [6.07, 6.45) is 4.30. The highest BCUT2D eigenvalue weighted by atomic mass is 16.7. The first-order valence-electron chi connectivity index (χ1n) is 6.39. The number of aryl methyl sites for hydroxylation is 1. The topological polar surface area (TPSA) is 44.7 Å². The maximum atomic E-state index is 5.67. The van der Waals surface area contributed by atoms with E-state index in [9.17, 15) is 0 Å². The molecule has 0 aliphatic carbocycles. The summed E-state index contributed by atoms with van der Waals surface area (Å²) in [7, 11) is 0. The van der Waals surface area contributed by atoms with Crippen molar-refractivity contribution in [1.82, 2.24) is 0 Å². The molecule has 0 aromatic carbocycles. The summed E-state index contributed by atoms with van der Waals surface area (Å²) < 4.78 is 22.1. The number of hydrogen-bond acceptors (Lipinski definition) is 4. The highest BCUT2D eigenvalue weighted by Crippen LogP contribution is 2.25. The van der Waals surface area contributed by atoms with Gasteiger partial charge in [0, 0.05) is 0 Å². The summed E-state index contributed by atoms with van der Waals surface area (Å²) in [5.74, 6) is 3.15. The fourth-order valence-corrected chi connectivity index (χ4v) is 1.94. The van der Waals surface area contributed by atoms with Gasteiger partial charge in [0.1, 0.15) is 17.3 Å². The Kier molecular flexibility index (Phi) is 3.53. The van der Waals surface area contributed by atoms with Gasteiger partial charge in [0.25, 0.3) is 0 Å². The standard InChI is InChI=1S/C15H16O4/c1-11-3-4-12(18-11)5-6-13-7-8-14(19-13)15-16-9-2-10-17-15/h3-8,15H,2,9-10H2,1H3/b6-5+. The Hall–Kier alpha value is -1.78. The van der Waals surface area contributed by atoms with Crippen molar-refractivity contribution in [3.05, 3.63) is 47.3 Å². The molecule has 0 saturated carbocycles. The minimum absolute atomic E-state index is 0.373. The Morgan fingerprint density at radius 1 is 0.947 bits per heavy atom. The van der Waals surface area contributed by atoms with E-state index in [1.807, 2.05) is 43.3 Å². The predicted molar refractivity (Wildman–Crippen MR) is 70.3 cm³/mol. The van der Waals surface area contributed by atoms with Crippen LogP contribution in [0.1, 0.15) is 35.8 Å². The molecule has 1 aliphatic rings. The average molecular weight is 260 g/mol. The fraction of sp³-hybridized carbons (Fsp3) is 0.333. The molecule has 3 rings (SSSR count). The lowest BCUT2D eigenvalue weighted by molar-refractivity contribution is -0.191. The Bertz CT molecular complexity index is 558. The van der Waals surface area contributed by atoms with Crippen molar-refractivity contribution < 1.29 is 18.3 Å². The van der Waals surface area contributed by atoms with Gasteiger partial charge in [-0.25, -0.2) is 0 Å². The summed E-state index contributed by atoms with van der Waals surface area (Å²) in [6, 6.07) is 7.62. The van der Waals surface area contributed by atoms with Crippen LogP contribution in [-0.4, -0.2) is 13.2 Å². The van der Waals surface area contributed by atoms with Crippen molar-refractivity contribution in [2.24, 2.45) is 0 Å². The van der Waals surface area contributed by atoms with Crippen molar-refractivity contribution in [3.8, 4) is 0 Å². The van der Waals surface area contributed by atoms with E-state index in [1.54, 1.807) is 0 Å².